The number of rotatable bonds is 1. The summed E-state index contributed by atoms with van der Waals surface area (Å²) in [7, 11) is 0. The van der Waals surface area contributed by atoms with E-state index in [2.05, 4.69) is 4.99 Å². The summed E-state index contributed by atoms with van der Waals surface area (Å²) in [6, 6.07) is 5.67. The van der Waals surface area contributed by atoms with Crippen LogP contribution < -0.4 is 5.73 Å². The Bertz CT molecular complexity index is 575. The van der Waals surface area contributed by atoms with Crippen LogP contribution in [0.1, 0.15) is 25.3 Å². The topological polar surface area (TPSA) is 47.6 Å². The molecule has 3 rings (SSSR count). The lowest BCUT2D eigenvalue weighted by Gasteiger charge is -2.41. The molecular weight excluding hydrogens is 269 g/mol. The Hall–Kier alpha value is -1.72. The maximum Gasteiger partial charge on any atom is 0.283 e. The third kappa shape index (κ3) is 1.77. The van der Waals surface area contributed by atoms with E-state index in [4.69, 9.17) is 10.5 Å². The fraction of sp³-hybridized carbons (Fsp3) is 0.500. The third-order valence-corrected chi connectivity index (χ3v) is 4.23. The average Bonchev–Trinajstić information content (AvgIpc) is 2.65. The molecule has 0 aromatic heterocycles. The molecule has 108 valence electrons. The summed E-state index contributed by atoms with van der Waals surface area (Å²) < 4.78 is 47.7. The molecule has 0 radical (unpaired) electrons. The largest absolute Gasteiger partial charge is 0.461 e. The second-order valence-corrected chi connectivity index (χ2v) is 5.51. The van der Waals surface area contributed by atoms with Crippen LogP contribution in [0.2, 0.25) is 0 Å². The molecule has 1 aromatic carbocycles. The number of amidine groups is 1. The molecule has 1 heterocycles. The molecule has 0 amide bonds. The van der Waals surface area contributed by atoms with Crippen LogP contribution in [0.5, 0.6) is 0 Å². The second kappa shape index (κ2) is 4.14. The van der Waals surface area contributed by atoms with E-state index in [0.717, 1.165) is 0 Å². The van der Waals surface area contributed by atoms with E-state index in [1.54, 1.807) is 6.07 Å². The highest BCUT2D eigenvalue weighted by Crippen LogP contribution is 2.54. The molecule has 0 unspecified atom stereocenters. The highest BCUT2D eigenvalue weighted by atomic mass is 19.3. The first-order valence-corrected chi connectivity index (χ1v) is 6.49. The zero-order chi connectivity index (χ0) is 14.5. The quantitative estimate of drug-likeness (QED) is 0.862. The highest BCUT2D eigenvalue weighted by Gasteiger charge is 2.62. The smallest absolute Gasteiger partial charge is 0.283 e. The van der Waals surface area contributed by atoms with Gasteiger partial charge in [-0.15, -0.1) is 0 Å². The Balaban J connectivity index is 2.18. The third-order valence-electron chi connectivity index (χ3n) is 4.23. The lowest BCUT2D eigenvalue weighted by molar-refractivity contribution is -0.0961. The van der Waals surface area contributed by atoms with Crippen LogP contribution in [0.25, 0.3) is 0 Å². The molecule has 0 spiro atoms. The molecule has 1 saturated carbocycles. The number of alkyl halides is 2. The van der Waals surface area contributed by atoms with Crippen LogP contribution in [0.4, 0.5) is 13.2 Å². The van der Waals surface area contributed by atoms with Crippen molar-refractivity contribution in [1.29, 1.82) is 0 Å². The molecular formula is C14H15F3N2O. The molecule has 0 bridgehead atoms. The number of nitrogens with zero attached hydrogens (tertiary/aromatic N) is 1. The molecule has 3 nitrogen and oxygen atoms in total. The van der Waals surface area contributed by atoms with E-state index >= 15 is 0 Å². The lowest BCUT2D eigenvalue weighted by Crippen LogP contribution is -2.51. The molecule has 20 heavy (non-hydrogen) atoms. The predicted octanol–water partition coefficient (Wildman–Crippen LogP) is 2.80. The fourth-order valence-electron chi connectivity index (χ4n) is 3.41. The van der Waals surface area contributed by atoms with Crippen molar-refractivity contribution in [3.05, 3.63) is 35.6 Å². The Kier molecular flexibility index (Phi) is 2.74. The van der Waals surface area contributed by atoms with Gasteiger partial charge in [-0.25, -0.2) is 18.2 Å². The minimum absolute atomic E-state index is 0.128. The normalized spacial score (nSPS) is 35.1. The van der Waals surface area contributed by atoms with Crippen molar-refractivity contribution in [1.82, 2.24) is 0 Å². The summed E-state index contributed by atoms with van der Waals surface area (Å²) in [5.74, 6) is -4.72. The van der Waals surface area contributed by atoms with Crippen LogP contribution in [0.15, 0.2) is 29.3 Å². The molecule has 1 aliphatic carbocycles. The maximum absolute atomic E-state index is 14.2. The van der Waals surface area contributed by atoms with E-state index in [0.29, 0.717) is 0 Å². The van der Waals surface area contributed by atoms with Gasteiger partial charge in [0.1, 0.15) is 17.5 Å². The summed E-state index contributed by atoms with van der Waals surface area (Å²) >= 11 is 0. The van der Waals surface area contributed by atoms with Crippen molar-refractivity contribution < 1.29 is 17.9 Å². The van der Waals surface area contributed by atoms with Gasteiger partial charge in [-0.3, -0.25) is 0 Å². The fourth-order valence-corrected chi connectivity index (χ4v) is 3.41. The van der Waals surface area contributed by atoms with Gasteiger partial charge in [0.05, 0.1) is 5.92 Å². The van der Waals surface area contributed by atoms with Crippen molar-refractivity contribution >= 4 is 6.02 Å². The molecule has 1 aromatic rings. The summed E-state index contributed by atoms with van der Waals surface area (Å²) in [4.78, 5) is 4.04. The van der Waals surface area contributed by atoms with Gasteiger partial charge < -0.3 is 10.5 Å². The maximum atomic E-state index is 14.2. The summed E-state index contributed by atoms with van der Waals surface area (Å²) in [5.41, 5.74) is 4.31. The number of benzene rings is 1. The Labute approximate surface area is 114 Å². The zero-order valence-electron chi connectivity index (χ0n) is 10.9. The molecule has 2 N–H and O–H groups in total. The number of halogens is 3. The minimum atomic E-state index is -2.95. The van der Waals surface area contributed by atoms with E-state index < -0.39 is 29.3 Å². The Morgan fingerprint density at radius 1 is 1.35 bits per heavy atom. The van der Waals surface area contributed by atoms with Crippen LogP contribution in [-0.2, 0) is 10.3 Å². The van der Waals surface area contributed by atoms with Gasteiger partial charge >= 0.3 is 0 Å². The summed E-state index contributed by atoms with van der Waals surface area (Å²) in [6.07, 6.45) is -0.834. The van der Waals surface area contributed by atoms with Gasteiger partial charge in [0, 0.05) is 12.0 Å². The second-order valence-electron chi connectivity index (χ2n) is 5.51. The lowest BCUT2D eigenvalue weighted by atomic mass is 9.75. The minimum Gasteiger partial charge on any atom is -0.461 e. The van der Waals surface area contributed by atoms with E-state index in [-0.39, 0.29) is 24.4 Å². The van der Waals surface area contributed by atoms with Crippen molar-refractivity contribution in [2.75, 3.05) is 0 Å². The average molecular weight is 284 g/mol. The van der Waals surface area contributed by atoms with Crippen molar-refractivity contribution in [3.63, 3.8) is 0 Å². The van der Waals surface area contributed by atoms with E-state index in [1.807, 2.05) is 0 Å². The van der Waals surface area contributed by atoms with Gasteiger partial charge in [-0.1, -0.05) is 18.2 Å². The van der Waals surface area contributed by atoms with Crippen molar-refractivity contribution in [2.24, 2.45) is 16.6 Å². The van der Waals surface area contributed by atoms with Gasteiger partial charge in [0.15, 0.2) is 0 Å². The van der Waals surface area contributed by atoms with Crippen LogP contribution >= 0.6 is 0 Å². The van der Waals surface area contributed by atoms with Gasteiger partial charge in [-0.05, 0) is 19.4 Å². The Morgan fingerprint density at radius 2 is 2.05 bits per heavy atom. The van der Waals surface area contributed by atoms with Gasteiger partial charge in [0.25, 0.3) is 11.9 Å². The van der Waals surface area contributed by atoms with E-state index in [1.165, 1.54) is 25.1 Å². The van der Waals surface area contributed by atoms with Gasteiger partial charge in [0.2, 0.25) is 0 Å². The number of fused-ring (bicyclic) bond motifs is 1. The van der Waals surface area contributed by atoms with Crippen LogP contribution in [0.3, 0.4) is 0 Å². The molecule has 2 aliphatic rings. The number of aliphatic imine (C=N–C) groups is 1. The van der Waals surface area contributed by atoms with Crippen LogP contribution in [0, 0.1) is 11.7 Å². The standard InChI is InChI=1S/C14H15F3N2O/c1-13(8-4-2-3-5-9(8)15)11-10(20-12(18)19-13)6-7-14(11,16)17/h2-5,10-11H,6-7H2,1H3,(H2,18,19)/t10-,11+,13-/m1/s1. The molecule has 6 heteroatoms. The molecule has 1 fully saturated rings. The van der Waals surface area contributed by atoms with E-state index in [9.17, 15) is 13.2 Å². The molecule has 1 aliphatic heterocycles. The Morgan fingerprint density at radius 3 is 2.75 bits per heavy atom. The van der Waals surface area contributed by atoms with Crippen LogP contribution in [-0.4, -0.2) is 18.0 Å². The van der Waals surface area contributed by atoms with Gasteiger partial charge in [-0.2, -0.15) is 0 Å². The summed E-state index contributed by atoms with van der Waals surface area (Å²) in [6.45, 7) is 1.50. The first kappa shape index (κ1) is 13.3. The number of hydrogen-bond donors (Lipinski definition) is 1. The monoisotopic (exact) mass is 284 g/mol. The van der Waals surface area contributed by atoms with Crippen molar-refractivity contribution in [2.45, 2.75) is 37.3 Å². The number of nitrogens with two attached hydrogens (primary N) is 1. The molecule has 0 saturated heterocycles. The number of ether oxygens (including phenoxy) is 1. The highest BCUT2D eigenvalue weighted by molar-refractivity contribution is 5.73. The SMILES string of the molecule is C[C@]1(c2ccccc2F)N=C(N)O[C@@H]2CCC(F)(F)[C@@H]21. The zero-order valence-corrected chi connectivity index (χ0v) is 10.9. The first-order chi connectivity index (χ1) is 9.34. The molecule has 3 atom stereocenters. The summed E-state index contributed by atoms with van der Waals surface area (Å²) in [5, 5.41) is 0. The first-order valence-electron chi connectivity index (χ1n) is 6.49. The predicted molar refractivity (Wildman–Crippen MR) is 67.9 cm³/mol. The van der Waals surface area contributed by atoms with Crippen molar-refractivity contribution in [3.8, 4) is 0 Å². The number of hydrogen-bond acceptors (Lipinski definition) is 3.